The summed E-state index contributed by atoms with van der Waals surface area (Å²) < 4.78 is 2.21. The van der Waals surface area contributed by atoms with Crippen molar-refractivity contribution in [1.82, 2.24) is 24.6 Å². The van der Waals surface area contributed by atoms with Gasteiger partial charge in [-0.15, -0.1) is 0 Å². The van der Waals surface area contributed by atoms with E-state index < -0.39 is 0 Å². The van der Waals surface area contributed by atoms with Crippen molar-refractivity contribution in [2.75, 3.05) is 38.1 Å². The molecule has 3 aliphatic rings. The fraction of sp³-hybridized carbons (Fsp3) is 0.542. The highest BCUT2D eigenvalue weighted by Gasteiger charge is 2.41. The van der Waals surface area contributed by atoms with Gasteiger partial charge in [0.1, 0.15) is 5.82 Å². The molecule has 2 aromatic heterocycles. The number of nitrogens with zero attached hydrogens (tertiary/aromatic N) is 6. The van der Waals surface area contributed by atoms with Gasteiger partial charge in [0.2, 0.25) is 0 Å². The van der Waals surface area contributed by atoms with E-state index in [9.17, 15) is 0 Å². The van der Waals surface area contributed by atoms with E-state index in [0.717, 1.165) is 61.3 Å². The van der Waals surface area contributed by atoms with E-state index in [1.54, 1.807) is 0 Å². The van der Waals surface area contributed by atoms with Crippen LogP contribution in [0.25, 0.3) is 11.0 Å². The van der Waals surface area contributed by atoms with Crippen LogP contribution in [-0.4, -0.2) is 57.9 Å². The summed E-state index contributed by atoms with van der Waals surface area (Å²) in [6, 6.07) is 9.49. The summed E-state index contributed by atoms with van der Waals surface area (Å²) >= 11 is 0. The Bertz CT molecular complexity index is 1030. The first kappa shape index (κ1) is 18.3. The van der Waals surface area contributed by atoms with Crippen molar-refractivity contribution in [2.45, 2.75) is 38.1 Å². The monoisotopic (exact) mass is 402 g/mol. The van der Waals surface area contributed by atoms with Crippen LogP contribution in [0.2, 0.25) is 0 Å². The molecule has 2 saturated carbocycles. The minimum Gasteiger partial charge on any atom is -0.369 e. The predicted molar refractivity (Wildman–Crippen MR) is 119 cm³/mol. The van der Waals surface area contributed by atoms with Crippen LogP contribution in [0, 0.1) is 11.8 Å². The standard InChI is InChI=1S/C24H30N6/c1-28-8-10-29(11-9-28)21-6-3-17(4-7-21)14-23-25-15-20-16-26-30(24(20)27-23)22-13-18-2-5-19(22)12-18/h3-4,6-7,15-16,18-19,22H,2,5,8-14H2,1H3/t18-,19+,22?/m0/s1. The zero-order valence-electron chi connectivity index (χ0n) is 17.7. The normalized spacial score (nSPS) is 26.7. The van der Waals surface area contributed by atoms with E-state index in [1.807, 2.05) is 12.4 Å². The zero-order chi connectivity index (χ0) is 20.1. The topological polar surface area (TPSA) is 50.1 Å². The lowest BCUT2D eigenvalue weighted by molar-refractivity contribution is 0.313. The summed E-state index contributed by atoms with van der Waals surface area (Å²) in [4.78, 5) is 14.4. The lowest BCUT2D eigenvalue weighted by Crippen LogP contribution is -2.44. The van der Waals surface area contributed by atoms with Gasteiger partial charge < -0.3 is 9.80 Å². The van der Waals surface area contributed by atoms with Gasteiger partial charge in [0.05, 0.1) is 17.6 Å². The molecule has 156 valence electrons. The van der Waals surface area contributed by atoms with Crippen LogP contribution in [0.5, 0.6) is 0 Å². The molecule has 0 N–H and O–H groups in total. The van der Waals surface area contributed by atoms with Crippen LogP contribution in [0.3, 0.4) is 0 Å². The van der Waals surface area contributed by atoms with E-state index in [0.29, 0.717) is 6.04 Å². The molecule has 6 heteroatoms. The maximum Gasteiger partial charge on any atom is 0.161 e. The molecule has 2 bridgehead atoms. The molecule has 1 saturated heterocycles. The van der Waals surface area contributed by atoms with Crippen molar-refractivity contribution in [1.29, 1.82) is 0 Å². The van der Waals surface area contributed by atoms with Crippen LogP contribution in [0.1, 0.15) is 43.1 Å². The highest BCUT2D eigenvalue weighted by atomic mass is 15.3. The van der Waals surface area contributed by atoms with E-state index in [4.69, 9.17) is 10.1 Å². The molecule has 3 atom stereocenters. The Morgan fingerprint density at radius 3 is 2.53 bits per heavy atom. The average Bonchev–Trinajstić information content (AvgIpc) is 3.50. The number of hydrogen-bond donors (Lipinski definition) is 0. The number of rotatable bonds is 4. The van der Waals surface area contributed by atoms with Gasteiger partial charge in [-0.3, -0.25) is 0 Å². The third-order valence-corrected chi connectivity index (χ3v) is 7.57. The molecule has 0 amide bonds. The van der Waals surface area contributed by atoms with Crippen molar-refractivity contribution in [3.8, 4) is 0 Å². The largest absolute Gasteiger partial charge is 0.369 e. The Hall–Kier alpha value is -2.47. The van der Waals surface area contributed by atoms with E-state index in [1.165, 1.54) is 36.9 Å². The molecule has 6 rings (SSSR count). The maximum absolute atomic E-state index is 4.95. The maximum atomic E-state index is 4.95. The third-order valence-electron chi connectivity index (χ3n) is 7.57. The second-order valence-corrected chi connectivity index (χ2v) is 9.53. The molecule has 30 heavy (non-hydrogen) atoms. The molecule has 3 fully saturated rings. The molecule has 0 radical (unpaired) electrons. The predicted octanol–water partition coefficient (Wildman–Crippen LogP) is 3.53. The highest BCUT2D eigenvalue weighted by molar-refractivity contribution is 5.73. The Kier molecular flexibility index (Phi) is 4.48. The number of benzene rings is 1. The lowest BCUT2D eigenvalue weighted by Gasteiger charge is -2.34. The second kappa shape index (κ2) is 7.34. The van der Waals surface area contributed by atoms with Gasteiger partial charge >= 0.3 is 0 Å². The number of hydrogen-bond acceptors (Lipinski definition) is 5. The molecule has 1 aliphatic heterocycles. The molecule has 6 nitrogen and oxygen atoms in total. The molecule has 1 aromatic carbocycles. The van der Waals surface area contributed by atoms with Gasteiger partial charge in [-0.2, -0.15) is 5.10 Å². The second-order valence-electron chi connectivity index (χ2n) is 9.53. The van der Waals surface area contributed by atoms with Crippen molar-refractivity contribution in [3.63, 3.8) is 0 Å². The summed E-state index contributed by atoms with van der Waals surface area (Å²) in [5.41, 5.74) is 3.60. The van der Waals surface area contributed by atoms with Gasteiger partial charge in [0, 0.05) is 44.5 Å². The van der Waals surface area contributed by atoms with Crippen LogP contribution < -0.4 is 4.90 Å². The Morgan fingerprint density at radius 2 is 1.80 bits per heavy atom. The highest BCUT2D eigenvalue weighted by Crippen LogP contribution is 2.50. The van der Waals surface area contributed by atoms with E-state index >= 15 is 0 Å². The number of likely N-dealkylation sites (N-methyl/N-ethyl adjacent to an activating group) is 1. The van der Waals surface area contributed by atoms with Crippen LogP contribution in [-0.2, 0) is 6.42 Å². The van der Waals surface area contributed by atoms with Crippen LogP contribution in [0.15, 0.2) is 36.7 Å². The van der Waals surface area contributed by atoms with Crippen molar-refractivity contribution in [3.05, 3.63) is 48.0 Å². The first-order valence-corrected chi connectivity index (χ1v) is 11.4. The smallest absolute Gasteiger partial charge is 0.161 e. The first-order valence-electron chi connectivity index (χ1n) is 11.4. The summed E-state index contributed by atoms with van der Waals surface area (Å²) in [6.45, 7) is 4.46. The van der Waals surface area contributed by atoms with Crippen molar-refractivity contribution >= 4 is 16.7 Å². The average molecular weight is 403 g/mol. The van der Waals surface area contributed by atoms with Gasteiger partial charge in [-0.25, -0.2) is 14.6 Å². The van der Waals surface area contributed by atoms with Crippen LogP contribution >= 0.6 is 0 Å². The molecule has 1 unspecified atom stereocenters. The number of piperazine rings is 1. The lowest BCUT2D eigenvalue weighted by atomic mass is 9.95. The van der Waals surface area contributed by atoms with Gasteiger partial charge in [-0.1, -0.05) is 18.6 Å². The number of fused-ring (bicyclic) bond motifs is 3. The summed E-state index contributed by atoms with van der Waals surface area (Å²) in [5.74, 6) is 2.58. The fourth-order valence-electron chi connectivity index (χ4n) is 5.78. The van der Waals surface area contributed by atoms with Gasteiger partial charge in [0.25, 0.3) is 0 Å². The quantitative estimate of drug-likeness (QED) is 0.668. The molecule has 3 heterocycles. The molecule has 0 spiro atoms. The third kappa shape index (κ3) is 3.27. The Morgan fingerprint density at radius 1 is 0.967 bits per heavy atom. The molecular weight excluding hydrogens is 372 g/mol. The number of anilines is 1. The minimum absolute atomic E-state index is 0.534. The minimum atomic E-state index is 0.534. The van der Waals surface area contributed by atoms with E-state index in [-0.39, 0.29) is 0 Å². The van der Waals surface area contributed by atoms with Gasteiger partial charge in [-0.05, 0) is 55.8 Å². The van der Waals surface area contributed by atoms with Crippen LogP contribution in [0.4, 0.5) is 5.69 Å². The van der Waals surface area contributed by atoms with Crippen molar-refractivity contribution in [2.24, 2.45) is 11.8 Å². The summed E-state index contributed by atoms with van der Waals surface area (Å²) in [7, 11) is 2.19. The fourth-order valence-corrected chi connectivity index (χ4v) is 5.78. The Labute approximate surface area is 177 Å². The molecule has 3 aromatic rings. The van der Waals surface area contributed by atoms with Crippen molar-refractivity contribution < 1.29 is 0 Å². The summed E-state index contributed by atoms with van der Waals surface area (Å²) in [5, 5.41) is 5.78. The Balaban J connectivity index is 1.20. The number of aromatic nitrogens is 4. The first-order chi connectivity index (χ1) is 14.7. The zero-order valence-corrected chi connectivity index (χ0v) is 17.7. The molecular formula is C24H30N6. The van der Waals surface area contributed by atoms with E-state index in [2.05, 4.69) is 50.8 Å². The van der Waals surface area contributed by atoms with Gasteiger partial charge in [0.15, 0.2) is 5.65 Å². The summed E-state index contributed by atoms with van der Waals surface area (Å²) in [6.07, 6.45) is 10.1. The molecule has 2 aliphatic carbocycles. The SMILES string of the molecule is CN1CCN(c2ccc(Cc3ncc4cnn(C5C[C@H]6CC[C@@H]5C6)c4n3)cc2)CC1.